The Morgan fingerprint density at radius 2 is 1.83 bits per heavy atom. The van der Waals surface area contributed by atoms with E-state index in [9.17, 15) is 4.79 Å². The summed E-state index contributed by atoms with van der Waals surface area (Å²) in [5, 5.41) is 0. The molecule has 132 valence electrons. The molecule has 2 heterocycles. The van der Waals surface area contributed by atoms with Crippen molar-refractivity contribution in [3.8, 4) is 5.75 Å². The molecule has 0 N–H and O–H groups in total. The third-order valence-electron chi connectivity index (χ3n) is 4.79. The van der Waals surface area contributed by atoms with E-state index in [-0.39, 0.29) is 11.7 Å². The van der Waals surface area contributed by atoms with E-state index in [1.165, 1.54) is 0 Å². The molecule has 1 amide bonds. The lowest BCUT2D eigenvalue weighted by Gasteiger charge is -2.37. The van der Waals surface area contributed by atoms with E-state index in [1.54, 1.807) is 12.0 Å². The Kier molecular flexibility index (Phi) is 5.38. The van der Waals surface area contributed by atoms with Crippen LogP contribution in [0.5, 0.6) is 5.75 Å². The quantitative estimate of drug-likeness (QED) is 0.817. The molecule has 0 aromatic heterocycles. The first-order chi connectivity index (χ1) is 11.6. The standard InChI is InChI=1S/C18H26N2O4/c1-19(13-15-3-5-16(22-2)6-4-15)17(21)14-20-9-7-18(8-10-20)23-11-12-24-18/h3-6H,7-14H2,1-2H3. The Morgan fingerprint density at radius 1 is 1.21 bits per heavy atom. The maximum atomic E-state index is 12.4. The summed E-state index contributed by atoms with van der Waals surface area (Å²) >= 11 is 0. The van der Waals surface area contributed by atoms with Crippen LogP contribution >= 0.6 is 0 Å². The van der Waals surface area contributed by atoms with E-state index in [4.69, 9.17) is 14.2 Å². The zero-order valence-corrected chi connectivity index (χ0v) is 14.5. The molecule has 0 radical (unpaired) electrons. The van der Waals surface area contributed by atoms with Crippen molar-refractivity contribution >= 4 is 5.91 Å². The second-order valence-corrected chi connectivity index (χ2v) is 6.48. The van der Waals surface area contributed by atoms with Crippen LogP contribution in [0.25, 0.3) is 0 Å². The van der Waals surface area contributed by atoms with Gasteiger partial charge >= 0.3 is 0 Å². The average molecular weight is 334 g/mol. The lowest BCUT2D eigenvalue weighted by Crippen LogP contribution is -2.48. The summed E-state index contributed by atoms with van der Waals surface area (Å²) in [4.78, 5) is 16.4. The van der Waals surface area contributed by atoms with Gasteiger partial charge in [-0.2, -0.15) is 0 Å². The Hall–Kier alpha value is -1.63. The fourth-order valence-corrected chi connectivity index (χ4v) is 3.24. The molecule has 1 aromatic rings. The van der Waals surface area contributed by atoms with Gasteiger partial charge in [-0.1, -0.05) is 12.1 Å². The van der Waals surface area contributed by atoms with E-state index in [2.05, 4.69) is 4.90 Å². The molecule has 2 aliphatic rings. The smallest absolute Gasteiger partial charge is 0.236 e. The van der Waals surface area contributed by atoms with Crippen LogP contribution < -0.4 is 4.74 Å². The second kappa shape index (κ2) is 7.51. The Balaban J connectivity index is 1.45. The predicted molar refractivity (Wildman–Crippen MR) is 89.8 cm³/mol. The van der Waals surface area contributed by atoms with Crippen LogP contribution in [0.3, 0.4) is 0 Å². The first-order valence-electron chi connectivity index (χ1n) is 8.47. The number of carbonyl (C=O) groups is 1. The van der Waals surface area contributed by atoms with Gasteiger partial charge < -0.3 is 19.1 Å². The molecule has 2 fully saturated rings. The number of likely N-dealkylation sites (tertiary alicyclic amines) is 1. The molecule has 3 rings (SSSR count). The van der Waals surface area contributed by atoms with Crippen molar-refractivity contribution in [2.75, 3.05) is 47.0 Å². The highest BCUT2D eigenvalue weighted by Crippen LogP contribution is 2.31. The molecule has 1 spiro atoms. The number of methoxy groups -OCH3 is 1. The average Bonchev–Trinajstić information content (AvgIpc) is 3.06. The molecular formula is C18H26N2O4. The van der Waals surface area contributed by atoms with E-state index < -0.39 is 0 Å². The minimum atomic E-state index is -0.380. The fourth-order valence-electron chi connectivity index (χ4n) is 3.24. The molecule has 2 aliphatic heterocycles. The van der Waals surface area contributed by atoms with Crippen LogP contribution in [0.4, 0.5) is 0 Å². The van der Waals surface area contributed by atoms with Crippen molar-refractivity contribution in [1.29, 1.82) is 0 Å². The molecule has 0 aliphatic carbocycles. The van der Waals surface area contributed by atoms with Crippen LogP contribution in [0.15, 0.2) is 24.3 Å². The minimum Gasteiger partial charge on any atom is -0.497 e. The highest BCUT2D eigenvalue weighted by atomic mass is 16.7. The molecule has 1 aromatic carbocycles. The summed E-state index contributed by atoms with van der Waals surface area (Å²) < 4.78 is 16.6. The number of ether oxygens (including phenoxy) is 3. The number of hydrogen-bond acceptors (Lipinski definition) is 5. The van der Waals surface area contributed by atoms with Gasteiger partial charge in [0.1, 0.15) is 5.75 Å². The van der Waals surface area contributed by atoms with Gasteiger partial charge in [0.05, 0.1) is 26.9 Å². The van der Waals surface area contributed by atoms with Gasteiger partial charge in [-0.3, -0.25) is 9.69 Å². The SMILES string of the molecule is COc1ccc(CN(C)C(=O)CN2CCC3(CC2)OCCO3)cc1. The molecular weight excluding hydrogens is 308 g/mol. The van der Waals surface area contributed by atoms with Crippen LogP contribution in [0, 0.1) is 0 Å². The van der Waals surface area contributed by atoms with Crippen molar-refractivity contribution in [2.24, 2.45) is 0 Å². The normalized spacial score (nSPS) is 20.2. The zero-order valence-electron chi connectivity index (χ0n) is 14.5. The lowest BCUT2D eigenvalue weighted by atomic mass is 10.0. The highest BCUT2D eigenvalue weighted by Gasteiger charge is 2.40. The molecule has 0 unspecified atom stereocenters. The third-order valence-corrected chi connectivity index (χ3v) is 4.79. The van der Waals surface area contributed by atoms with Gasteiger partial charge in [-0.05, 0) is 17.7 Å². The lowest BCUT2D eigenvalue weighted by molar-refractivity contribution is -0.186. The number of likely N-dealkylation sites (N-methyl/N-ethyl adjacent to an activating group) is 1. The first-order valence-corrected chi connectivity index (χ1v) is 8.47. The highest BCUT2D eigenvalue weighted by molar-refractivity contribution is 5.78. The number of piperidine rings is 1. The third kappa shape index (κ3) is 4.06. The summed E-state index contributed by atoms with van der Waals surface area (Å²) in [6.07, 6.45) is 1.67. The summed E-state index contributed by atoms with van der Waals surface area (Å²) in [7, 11) is 3.50. The van der Waals surface area contributed by atoms with E-state index in [1.807, 2.05) is 31.3 Å². The molecule has 0 saturated carbocycles. The van der Waals surface area contributed by atoms with E-state index in [0.29, 0.717) is 26.3 Å². The van der Waals surface area contributed by atoms with Crippen molar-refractivity contribution in [3.05, 3.63) is 29.8 Å². The van der Waals surface area contributed by atoms with Gasteiger partial charge in [-0.15, -0.1) is 0 Å². The minimum absolute atomic E-state index is 0.134. The molecule has 2 saturated heterocycles. The van der Waals surface area contributed by atoms with Crippen LogP contribution in [-0.2, 0) is 20.8 Å². The summed E-state index contributed by atoms with van der Waals surface area (Å²) in [5.74, 6) is 0.579. The van der Waals surface area contributed by atoms with Gasteiger partial charge in [-0.25, -0.2) is 0 Å². The van der Waals surface area contributed by atoms with Crippen molar-refractivity contribution in [1.82, 2.24) is 9.80 Å². The van der Waals surface area contributed by atoms with Crippen LogP contribution in [0.1, 0.15) is 18.4 Å². The van der Waals surface area contributed by atoms with Crippen LogP contribution in [0.2, 0.25) is 0 Å². The van der Waals surface area contributed by atoms with Crippen molar-refractivity contribution in [3.63, 3.8) is 0 Å². The molecule has 0 bridgehead atoms. The zero-order chi connectivity index (χ0) is 17.0. The Labute approximate surface area is 143 Å². The predicted octanol–water partition coefficient (Wildman–Crippen LogP) is 1.49. The number of amides is 1. The number of nitrogens with zero attached hydrogens (tertiary/aromatic N) is 2. The Bertz CT molecular complexity index is 545. The van der Waals surface area contributed by atoms with E-state index in [0.717, 1.165) is 37.2 Å². The second-order valence-electron chi connectivity index (χ2n) is 6.48. The summed E-state index contributed by atoms with van der Waals surface area (Å²) in [6, 6.07) is 7.81. The van der Waals surface area contributed by atoms with Gasteiger partial charge in [0.2, 0.25) is 5.91 Å². The summed E-state index contributed by atoms with van der Waals surface area (Å²) in [6.45, 7) is 4.09. The van der Waals surface area contributed by atoms with Crippen molar-refractivity contribution < 1.29 is 19.0 Å². The monoisotopic (exact) mass is 334 g/mol. The van der Waals surface area contributed by atoms with E-state index >= 15 is 0 Å². The van der Waals surface area contributed by atoms with Gasteiger partial charge in [0.15, 0.2) is 5.79 Å². The molecule has 6 nitrogen and oxygen atoms in total. The molecule has 0 atom stereocenters. The Morgan fingerprint density at radius 3 is 2.42 bits per heavy atom. The maximum absolute atomic E-state index is 12.4. The number of benzene rings is 1. The molecule has 24 heavy (non-hydrogen) atoms. The number of rotatable bonds is 5. The van der Waals surface area contributed by atoms with Crippen molar-refractivity contribution in [2.45, 2.75) is 25.2 Å². The first kappa shape index (κ1) is 17.2. The number of hydrogen-bond donors (Lipinski definition) is 0. The van der Waals surface area contributed by atoms with Gasteiger partial charge in [0.25, 0.3) is 0 Å². The number of carbonyl (C=O) groups excluding carboxylic acids is 1. The topological polar surface area (TPSA) is 51.2 Å². The fraction of sp³-hybridized carbons (Fsp3) is 0.611. The van der Waals surface area contributed by atoms with Gasteiger partial charge in [0, 0.05) is 39.5 Å². The summed E-state index contributed by atoms with van der Waals surface area (Å²) in [5.41, 5.74) is 1.09. The largest absolute Gasteiger partial charge is 0.497 e. The maximum Gasteiger partial charge on any atom is 0.236 e. The molecule has 6 heteroatoms. The van der Waals surface area contributed by atoms with Crippen LogP contribution in [-0.4, -0.2) is 68.5 Å².